The molecule has 0 aliphatic rings. The van der Waals surface area contributed by atoms with Crippen molar-refractivity contribution >= 4 is 0 Å². The largest absolute Gasteiger partial charge is 0.100 e. The van der Waals surface area contributed by atoms with Gasteiger partial charge in [0.1, 0.15) is 0 Å². The third kappa shape index (κ3) is 3.71. The monoisotopic (exact) mass is 140 g/mol. The minimum absolute atomic E-state index is 0.807. The molecule has 1 atom stereocenters. The Morgan fingerprint density at radius 3 is 2.00 bits per heavy atom. The van der Waals surface area contributed by atoms with Crippen molar-refractivity contribution in [3.8, 4) is 0 Å². The molecule has 0 aliphatic heterocycles. The van der Waals surface area contributed by atoms with Crippen molar-refractivity contribution in [3.63, 3.8) is 0 Å². The van der Waals surface area contributed by atoms with Gasteiger partial charge in [0.15, 0.2) is 0 Å². The Labute approximate surface area is 65.3 Å². The standard InChI is InChI=1S/C10H20/c1-6-10(9(4)5)7-8(2)3/h9-10H,2,6-7H2,1,3-5H3. The first-order valence-electron chi connectivity index (χ1n) is 4.22. The molecule has 0 fully saturated rings. The summed E-state index contributed by atoms with van der Waals surface area (Å²) < 4.78 is 0. The van der Waals surface area contributed by atoms with Crippen LogP contribution in [-0.4, -0.2) is 0 Å². The van der Waals surface area contributed by atoms with Gasteiger partial charge in [0, 0.05) is 0 Å². The molecule has 0 aromatic rings. The van der Waals surface area contributed by atoms with Gasteiger partial charge >= 0.3 is 0 Å². The van der Waals surface area contributed by atoms with Gasteiger partial charge in [-0.25, -0.2) is 0 Å². The van der Waals surface area contributed by atoms with Crippen LogP contribution >= 0.6 is 0 Å². The maximum atomic E-state index is 3.93. The van der Waals surface area contributed by atoms with Crippen LogP contribution in [0, 0.1) is 11.8 Å². The SMILES string of the molecule is C=C(C)CC(CC)C(C)C. The number of allylic oxidation sites excluding steroid dienone is 1. The van der Waals surface area contributed by atoms with Crippen LogP contribution < -0.4 is 0 Å². The molecule has 0 heteroatoms. The van der Waals surface area contributed by atoms with Crippen molar-refractivity contribution in [2.24, 2.45) is 11.8 Å². The van der Waals surface area contributed by atoms with E-state index < -0.39 is 0 Å². The van der Waals surface area contributed by atoms with Gasteiger partial charge in [0.2, 0.25) is 0 Å². The van der Waals surface area contributed by atoms with Crippen molar-refractivity contribution < 1.29 is 0 Å². The van der Waals surface area contributed by atoms with Gasteiger partial charge in [0.25, 0.3) is 0 Å². The first-order valence-corrected chi connectivity index (χ1v) is 4.22. The second-order valence-electron chi connectivity index (χ2n) is 3.57. The fraction of sp³-hybridized carbons (Fsp3) is 0.800. The molecule has 0 bridgehead atoms. The van der Waals surface area contributed by atoms with E-state index >= 15 is 0 Å². The van der Waals surface area contributed by atoms with Gasteiger partial charge in [-0.05, 0) is 25.2 Å². The van der Waals surface area contributed by atoms with Crippen LogP contribution in [-0.2, 0) is 0 Å². The average molecular weight is 140 g/mol. The molecule has 60 valence electrons. The van der Waals surface area contributed by atoms with E-state index in [9.17, 15) is 0 Å². The zero-order valence-electron chi connectivity index (χ0n) is 7.78. The number of hydrogen-bond acceptors (Lipinski definition) is 0. The summed E-state index contributed by atoms with van der Waals surface area (Å²) in [7, 11) is 0. The molecule has 0 aliphatic carbocycles. The summed E-state index contributed by atoms with van der Waals surface area (Å²) in [6.07, 6.45) is 2.48. The van der Waals surface area contributed by atoms with Crippen molar-refractivity contribution in [3.05, 3.63) is 12.2 Å². The molecule has 0 saturated heterocycles. The summed E-state index contributed by atoms with van der Waals surface area (Å²) in [5.74, 6) is 1.65. The van der Waals surface area contributed by atoms with Crippen molar-refractivity contribution in [1.82, 2.24) is 0 Å². The van der Waals surface area contributed by atoms with Crippen molar-refractivity contribution in [1.29, 1.82) is 0 Å². The fourth-order valence-electron chi connectivity index (χ4n) is 1.30. The molecule has 0 heterocycles. The Hall–Kier alpha value is -0.260. The first-order chi connectivity index (χ1) is 4.57. The quantitative estimate of drug-likeness (QED) is 0.523. The molecule has 0 aromatic carbocycles. The molecular formula is C10H20. The Kier molecular flexibility index (Phi) is 4.42. The minimum atomic E-state index is 0.807. The van der Waals surface area contributed by atoms with Crippen LogP contribution in [0.4, 0.5) is 0 Å². The molecule has 10 heavy (non-hydrogen) atoms. The lowest BCUT2D eigenvalue weighted by molar-refractivity contribution is 0.370. The van der Waals surface area contributed by atoms with Gasteiger partial charge in [-0.3, -0.25) is 0 Å². The molecule has 0 N–H and O–H groups in total. The van der Waals surface area contributed by atoms with E-state index in [1.165, 1.54) is 18.4 Å². The third-order valence-corrected chi connectivity index (χ3v) is 2.08. The van der Waals surface area contributed by atoms with Gasteiger partial charge in [-0.2, -0.15) is 0 Å². The minimum Gasteiger partial charge on any atom is -0.100 e. The van der Waals surface area contributed by atoms with Gasteiger partial charge in [-0.15, -0.1) is 6.58 Å². The normalized spacial score (nSPS) is 13.7. The predicted molar refractivity (Wildman–Crippen MR) is 48.1 cm³/mol. The molecule has 0 amide bonds. The van der Waals surface area contributed by atoms with Crippen LogP contribution in [0.1, 0.15) is 40.5 Å². The van der Waals surface area contributed by atoms with E-state index in [0.717, 1.165) is 11.8 Å². The predicted octanol–water partition coefficient (Wildman–Crippen LogP) is 3.63. The molecule has 0 nitrogen and oxygen atoms in total. The fourth-order valence-corrected chi connectivity index (χ4v) is 1.30. The summed E-state index contributed by atoms with van der Waals surface area (Å²) in [5.41, 5.74) is 1.32. The van der Waals surface area contributed by atoms with Crippen LogP contribution in [0.15, 0.2) is 12.2 Å². The second-order valence-corrected chi connectivity index (χ2v) is 3.57. The Morgan fingerprint density at radius 1 is 1.40 bits per heavy atom. The molecule has 0 aromatic heterocycles. The van der Waals surface area contributed by atoms with Crippen LogP contribution in [0.2, 0.25) is 0 Å². The Morgan fingerprint density at radius 2 is 1.90 bits per heavy atom. The summed E-state index contributed by atoms with van der Waals surface area (Å²) in [5, 5.41) is 0. The highest BCUT2D eigenvalue weighted by molar-refractivity contribution is 4.90. The highest BCUT2D eigenvalue weighted by Crippen LogP contribution is 2.21. The van der Waals surface area contributed by atoms with Gasteiger partial charge in [0.05, 0.1) is 0 Å². The average Bonchev–Trinajstić information content (AvgIpc) is 1.81. The lowest BCUT2D eigenvalue weighted by atomic mass is 9.88. The summed E-state index contributed by atoms with van der Waals surface area (Å²) in [6, 6.07) is 0. The molecular weight excluding hydrogens is 120 g/mol. The number of hydrogen-bond donors (Lipinski definition) is 0. The van der Waals surface area contributed by atoms with Crippen molar-refractivity contribution in [2.75, 3.05) is 0 Å². The zero-order chi connectivity index (χ0) is 8.15. The molecule has 0 radical (unpaired) electrons. The van der Waals surface area contributed by atoms with E-state index in [1.807, 2.05) is 0 Å². The summed E-state index contributed by atoms with van der Waals surface area (Å²) in [6.45, 7) is 12.9. The van der Waals surface area contributed by atoms with Crippen LogP contribution in [0.25, 0.3) is 0 Å². The topological polar surface area (TPSA) is 0 Å². The first kappa shape index (κ1) is 9.74. The van der Waals surface area contributed by atoms with Crippen molar-refractivity contribution in [2.45, 2.75) is 40.5 Å². The van der Waals surface area contributed by atoms with Gasteiger partial charge in [-0.1, -0.05) is 32.8 Å². The lowest BCUT2D eigenvalue weighted by Gasteiger charge is -2.18. The smallest absolute Gasteiger partial charge is 0.0295 e. The van der Waals surface area contributed by atoms with E-state index in [0.29, 0.717) is 0 Å². The highest BCUT2D eigenvalue weighted by atomic mass is 14.1. The van der Waals surface area contributed by atoms with Gasteiger partial charge < -0.3 is 0 Å². The Balaban J connectivity index is 3.71. The lowest BCUT2D eigenvalue weighted by Crippen LogP contribution is -2.07. The number of rotatable bonds is 4. The van der Waals surface area contributed by atoms with Crippen LogP contribution in [0.5, 0.6) is 0 Å². The maximum absolute atomic E-state index is 3.93. The third-order valence-electron chi connectivity index (χ3n) is 2.08. The van der Waals surface area contributed by atoms with Crippen LogP contribution in [0.3, 0.4) is 0 Å². The zero-order valence-corrected chi connectivity index (χ0v) is 7.78. The highest BCUT2D eigenvalue weighted by Gasteiger charge is 2.09. The van der Waals surface area contributed by atoms with E-state index in [2.05, 4.69) is 34.3 Å². The summed E-state index contributed by atoms with van der Waals surface area (Å²) in [4.78, 5) is 0. The van der Waals surface area contributed by atoms with E-state index in [4.69, 9.17) is 0 Å². The van der Waals surface area contributed by atoms with E-state index in [1.54, 1.807) is 0 Å². The maximum Gasteiger partial charge on any atom is -0.0295 e. The molecule has 0 saturated carbocycles. The molecule has 1 unspecified atom stereocenters. The van der Waals surface area contributed by atoms with E-state index in [-0.39, 0.29) is 0 Å². The Bertz CT molecular complexity index is 101. The second kappa shape index (κ2) is 4.54. The molecule has 0 rings (SSSR count). The summed E-state index contributed by atoms with van der Waals surface area (Å²) >= 11 is 0. The molecule has 0 spiro atoms.